The number of hydrogen-bond acceptors (Lipinski definition) is 4. The third-order valence-corrected chi connectivity index (χ3v) is 14.0. The maximum atomic E-state index is 6.86. The lowest BCUT2D eigenvalue weighted by molar-refractivity contribution is 0.669. The number of allylic oxidation sites excluding steroid dienone is 5. The zero-order valence-corrected chi connectivity index (χ0v) is 39.8. The van der Waals surface area contributed by atoms with E-state index in [1.54, 1.807) is 0 Å². The Bertz CT molecular complexity index is 4290. The van der Waals surface area contributed by atoms with Gasteiger partial charge in [0, 0.05) is 54.5 Å². The van der Waals surface area contributed by atoms with Crippen molar-refractivity contribution < 1.29 is 8.83 Å². The van der Waals surface area contributed by atoms with Crippen LogP contribution in [-0.2, 0) is 0 Å². The Morgan fingerprint density at radius 3 is 1.51 bits per heavy atom. The summed E-state index contributed by atoms with van der Waals surface area (Å²) in [6, 6.07) is 74.2. The predicted molar refractivity (Wildman–Crippen MR) is 302 cm³/mol. The summed E-state index contributed by atoms with van der Waals surface area (Å²) in [5, 5.41) is 11.2. The fourth-order valence-corrected chi connectivity index (χ4v) is 11.1. The molecule has 0 aliphatic rings. The SMILES string of the molecule is C=C(C)/C=C(\C=C/C)c1cc(N(c2ccccc2)c2cccc3c2oc2ccccc23)c2ccc3c(-c4cccc(C)c4)cc(N(c4ccccc4)c4cccc5c4oc4ccccc45)c4ccc1c2c34. The summed E-state index contributed by atoms with van der Waals surface area (Å²) < 4.78 is 13.7. The first-order valence-electron chi connectivity index (χ1n) is 24.3. The summed E-state index contributed by atoms with van der Waals surface area (Å²) in [6.45, 7) is 10.7. The van der Waals surface area contributed by atoms with Gasteiger partial charge in [0.25, 0.3) is 0 Å². The first-order chi connectivity index (χ1) is 34.9. The highest BCUT2D eigenvalue weighted by molar-refractivity contribution is 6.32. The van der Waals surface area contributed by atoms with Crippen LogP contribution in [-0.4, -0.2) is 0 Å². The average Bonchev–Trinajstić information content (AvgIpc) is 3.99. The first-order valence-corrected chi connectivity index (χ1v) is 24.3. The number of nitrogens with zero attached hydrogens (tertiary/aromatic N) is 2. The Kier molecular flexibility index (Phi) is 9.96. The van der Waals surface area contributed by atoms with Crippen molar-refractivity contribution in [3.63, 3.8) is 0 Å². The van der Waals surface area contributed by atoms with Crippen LogP contribution >= 0.6 is 0 Å². The lowest BCUT2D eigenvalue weighted by Crippen LogP contribution is -2.12. The molecule has 338 valence electrons. The van der Waals surface area contributed by atoms with Crippen LogP contribution in [0.3, 0.4) is 0 Å². The van der Waals surface area contributed by atoms with Crippen molar-refractivity contribution in [2.45, 2.75) is 20.8 Å². The average molecular weight is 913 g/mol. The molecule has 2 heterocycles. The van der Waals surface area contributed by atoms with Crippen LogP contribution in [0.25, 0.3) is 92.9 Å². The molecule has 0 saturated heterocycles. The van der Waals surface area contributed by atoms with Gasteiger partial charge in [-0.05, 0) is 114 Å². The molecule has 4 nitrogen and oxygen atoms in total. The molecule has 11 aromatic carbocycles. The molecule has 71 heavy (non-hydrogen) atoms. The highest BCUT2D eigenvalue weighted by atomic mass is 16.3. The molecule has 0 radical (unpaired) electrons. The minimum Gasteiger partial charge on any atom is -0.454 e. The van der Waals surface area contributed by atoms with Crippen LogP contribution in [0.4, 0.5) is 34.1 Å². The van der Waals surface area contributed by atoms with Crippen molar-refractivity contribution in [1.29, 1.82) is 0 Å². The number of hydrogen-bond donors (Lipinski definition) is 0. The van der Waals surface area contributed by atoms with Gasteiger partial charge in [0.15, 0.2) is 11.2 Å². The molecular formula is C67H48N2O2. The van der Waals surface area contributed by atoms with E-state index in [4.69, 9.17) is 8.83 Å². The molecule has 0 N–H and O–H groups in total. The molecule has 0 fully saturated rings. The molecule has 0 unspecified atom stereocenters. The second kappa shape index (κ2) is 16.8. The maximum absolute atomic E-state index is 6.86. The Hall–Kier alpha value is -9.12. The molecule has 0 amide bonds. The molecule has 4 heteroatoms. The number of rotatable bonds is 10. The van der Waals surface area contributed by atoms with E-state index in [9.17, 15) is 0 Å². The quantitative estimate of drug-likeness (QED) is 0.101. The van der Waals surface area contributed by atoms with Crippen LogP contribution in [0.5, 0.6) is 0 Å². The fourth-order valence-electron chi connectivity index (χ4n) is 11.1. The van der Waals surface area contributed by atoms with Gasteiger partial charge in [-0.2, -0.15) is 0 Å². The van der Waals surface area contributed by atoms with Crippen LogP contribution in [0.1, 0.15) is 25.0 Å². The first kappa shape index (κ1) is 42.0. The molecule has 0 spiro atoms. The normalized spacial score (nSPS) is 12.2. The Labute approximate surface area is 412 Å². The van der Waals surface area contributed by atoms with E-state index in [0.717, 1.165) is 122 Å². The van der Waals surface area contributed by atoms with E-state index in [1.165, 1.54) is 21.7 Å². The van der Waals surface area contributed by atoms with Crippen molar-refractivity contribution in [3.8, 4) is 11.1 Å². The molecule has 13 rings (SSSR count). The lowest BCUT2D eigenvalue weighted by atomic mass is 9.84. The highest BCUT2D eigenvalue weighted by Crippen LogP contribution is 2.53. The van der Waals surface area contributed by atoms with Crippen molar-refractivity contribution in [1.82, 2.24) is 0 Å². The van der Waals surface area contributed by atoms with Crippen LogP contribution in [0.15, 0.2) is 245 Å². The Balaban J connectivity index is 1.21. The van der Waals surface area contributed by atoms with Gasteiger partial charge in [-0.15, -0.1) is 0 Å². The maximum Gasteiger partial charge on any atom is 0.159 e. The van der Waals surface area contributed by atoms with Crippen molar-refractivity contribution in [2.75, 3.05) is 9.80 Å². The number of benzene rings is 11. The van der Waals surface area contributed by atoms with E-state index < -0.39 is 0 Å². The summed E-state index contributed by atoms with van der Waals surface area (Å²) in [5.74, 6) is 0. The van der Waals surface area contributed by atoms with Gasteiger partial charge >= 0.3 is 0 Å². The number of furan rings is 2. The van der Waals surface area contributed by atoms with Gasteiger partial charge < -0.3 is 18.6 Å². The second-order valence-corrected chi connectivity index (χ2v) is 18.6. The van der Waals surface area contributed by atoms with E-state index >= 15 is 0 Å². The molecule has 13 aromatic rings. The topological polar surface area (TPSA) is 32.8 Å². The predicted octanol–water partition coefficient (Wildman–Crippen LogP) is 19.8. The molecule has 0 saturated carbocycles. The standard InChI is InChI=1S/C67H48N2O2/c1-5-19-44(38-42(2)3)56-40-60(68(46-22-8-6-9-23-46)58-30-17-28-52-48-26-12-14-32-62(48)70-66(52)58)54-37-35-51-57(45-21-16-20-43(4)39-45)41-61(55-36-34-50(56)64(54)65(51)55)69(47-24-10-7-11-25-47)59-31-18-29-53-49-27-13-15-33-63(49)71-67(53)59/h5-41H,2H2,1,3-4H3/b19-5-,44-38+. The van der Waals surface area contributed by atoms with Gasteiger partial charge in [-0.25, -0.2) is 0 Å². The summed E-state index contributed by atoms with van der Waals surface area (Å²) in [6.07, 6.45) is 6.55. The zero-order chi connectivity index (χ0) is 47.7. The molecule has 2 aromatic heterocycles. The summed E-state index contributed by atoms with van der Waals surface area (Å²) in [5.41, 5.74) is 16.1. The van der Waals surface area contributed by atoms with Gasteiger partial charge in [-0.3, -0.25) is 0 Å². The molecule has 0 atom stereocenters. The van der Waals surface area contributed by atoms with Crippen molar-refractivity contribution >= 4 is 116 Å². The van der Waals surface area contributed by atoms with E-state index in [0.29, 0.717) is 0 Å². The fraction of sp³-hybridized carbons (Fsp3) is 0.0448. The van der Waals surface area contributed by atoms with E-state index in [1.807, 2.05) is 12.1 Å². The number of fused-ring (bicyclic) bond motifs is 6. The third kappa shape index (κ3) is 6.82. The summed E-state index contributed by atoms with van der Waals surface area (Å²) in [7, 11) is 0. The van der Waals surface area contributed by atoms with Gasteiger partial charge in [0.05, 0.1) is 22.7 Å². The molecule has 0 aliphatic carbocycles. The van der Waals surface area contributed by atoms with Crippen molar-refractivity contribution in [3.05, 3.63) is 248 Å². The number of aryl methyl sites for hydroxylation is 1. The van der Waals surface area contributed by atoms with Crippen LogP contribution < -0.4 is 9.80 Å². The largest absolute Gasteiger partial charge is 0.454 e. The smallest absolute Gasteiger partial charge is 0.159 e. The highest BCUT2D eigenvalue weighted by Gasteiger charge is 2.28. The summed E-state index contributed by atoms with van der Waals surface area (Å²) >= 11 is 0. The van der Waals surface area contributed by atoms with E-state index in [-0.39, 0.29) is 0 Å². The van der Waals surface area contributed by atoms with Gasteiger partial charge in [-0.1, -0.05) is 182 Å². The zero-order valence-electron chi connectivity index (χ0n) is 39.8. The minimum atomic E-state index is 0.832. The molecule has 0 aliphatic heterocycles. The second-order valence-electron chi connectivity index (χ2n) is 18.6. The van der Waals surface area contributed by atoms with Crippen LogP contribution in [0.2, 0.25) is 0 Å². The Morgan fingerprint density at radius 2 is 0.944 bits per heavy atom. The van der Waals surface area contributed by atoms with Gasteiger partial charge in [0.1, 0.15) is 11.2 Å². The third-order valence-electron chi connectivity index (χ3n) is 14.0. The number of para-hydroxylation sites is 6. The molecular weight excluding hydrogens is 865 g/mol. The lowest BCUT2D eigenvalue weighted by Gasteiger charge is -2.31. The molecule has 0 bridgehead atoms. The Morgan fingerprint density at radius 1 is 0.451 bits per heavy atom. The minimum absolute atomic E-state index is 0.832. The van der Waals surface area contributed by atoms with Crippen molar-refractivity contribution in [2.24, 2.45) is 0 Å². The van der Waals surface area contributed by atoms with E-state index in [2.05, 4.69) is 250 Å². The van der Waals surface area contributed by atoms with Gasteiger partial charge in [0.2, 0.25) is 0 Å². The van der Waals surface area contributed by atoms with Crippen LogP contribution in [0, 0.1) is 6.92 Å². The number of anilines is 6. The summed E-state index contributed by atoms with van der Waals surface area (Å²) in [4.78, 5) is 4.80. The monoisotopic (exact) mass is 912 g/mol.